The molecule has 1 saturated carbocycles. The van der Waals surface area contributed by atoms with Crippen LogP contribution < -0.4 is 5.32 Å². The molecule has 0 spiro atoms. The number of ether oxygens (including phenoxy) is 1. The summed E-state index contributed by atoms with van der Waals surface area (Å²) in [4.78, 5) is 22.8. The van der Waals surface area contributed by atoms with E-state index in [0.717, 1.165) is 31.2 Å². The summed E-state index contributed by atoms with van der Waals surface area (Å²) in [7, 11) is 1.43. The molecule has 0 aromatic heterocycles. The quantitative estimate of drug-likeness (QED) is 0.818. The molecule has 2 unspecified atom stereocenters. The molecule has 1 aliphatic carbocycles. The molecule has 0 saturated heterocycles. The summed E-state index contributed by atoms with van der Waals surface area (Å²) in [5.41, 5.74) is 0.997. The Kier molecular flexibility index (Phi) is 5.19. The van der Waals surface area contributed by atoms with Crippen LogP contribution in [0.1, 0.15) is 48.5 Å². The lowest BCUT2D eigenvalue weighted by atomic mass is 9.73. The first-order valence-electron chi connectivity index (χ1n) is 7.61. The Labute approximate surface area is 130 Å². The molecule has 5 heteroatoms. The van der Waals surface area contributed by atoms with Crippen LogP contribution in [0.15, 0.2) is 24.3 Å². The number of carbonyl (C=O) groups excluding carboxylic acids is 1. The Morgan fingerprint density at radius 2 is 2.00 bits per heavy atom. The molecular formula is C17H23NO4. The van der Waals surface area contributed by atoms with Crippen LogP contribution >= 0.6 is 0 Å². The number of benzene rings is 1. The van der Waals surface area contributed by atoms with Crippen molar-refractivity contribution in [3.8, 4) is 0 Å². The molecule has 1 aliphatic rings. The summed E-state index contributed by atoms with van der Waals surface area (Å²) >= 11 is 0. The van der Waals surface area contributed by atoms with Crippen molar-refractivity contribution in [3.05, 3.63) is 35.4 Å². The van der Waals surface area contributed by atoms with E-state index in [4.69, 9.17) is 9.84 Å². The zero-order valence-corrected chi connectivity index (χ0v) is 13.1. The van der Waals surface area contributed by atoms with Crippen molar-refractivity contribution < 1.29 is 19.4 Å². The lowest BCUT2D eigenvalue weighted by molar-refractivity contribution is -0.149. The molecule has 1 aromatic carbocycles. The largest absolute Gasteiger partial charge is 0.478 e. The van der Waals surface area contributed by atoms with Gasteiger partial charge in [-0.25, -0.2) is 4.79 Å². The van der Waals surface area contributed by atoms with Gasteiger partial charge in [0.05, 0.1) is 18.6 Å². The first kappa shape index (κ1) is 16.5. The summed E-state index contributed by atoms with van der Waals surface area (Å²) in [6.07, 6.45) is 3.91. The molecule has 0 amide bonds. The standard InChI is InChI=1S/C17H23NO4/c1-17(10-4-3-5-14(17)16(21)22-2)18-11-12-6-8-13(9-7-12)15(19)20/h6-9,14,18H,3-5,10-11H2,1-2H3,(H,19,20). The van der Waals surface area contributed by atoms with E-state index in [2.05, 4.69) is 12.2 Å². The maximum absolute atomic E-state index is 12.0. The number of esters is 1. The first-order chi connectivity index (χ1) is 10.5. The third kappa shape index (κ3) is 3.65. The van der Waals surface area contributed by atoms with Gasteiger partial charge in [0.25, 0.3) is 0 Å². The molecule has 120 valence electrons. The topological polar surface area (TPSA) is 75.6 Å². The van der Waals surface area contributed by atoms with E-state index in [1.54, 1.807) is 24.3 Å². The highest BCUT2D eigenvalue weighted by molar-refractivity contribution is 5.87. The zero-order valence-electron chi connectivity index (χ0n) is 13.1. The predicted octanol–water partition coefficient (Wildman–Crippen LogP) is 2.60. The van der Waals surface area contributed by atoms with Crippen LogP contribution in [0.5, 0.6) is 0 Å². The number of nitrogens with one attached hydrogen (secondary N) is 1. The number of methoxy groups -OCH3 is 1. The van der Waals surface area contributed by atoms with Crippen molar-refractivity contribution >= 4 is 11.9 Å². The Balaban J connectivity index is 2.04. The Bertz CT molecular complexity index is 540. The number of rotatable bonds is 5. The van der Waals surface area contributed by atoms with Gasteiger partial charge in [0.1, 0.15) is 0 Å². The van der Waals surface area contributed by atoms with Crippen LogP contribution in [0.25, 0.3) is 0 Å². The number of carboxylic acids is 1. The maximum Gasteiger partial charge on any atom is 0.335 e. The molecular weight excluding hydrogens is 282 g/mol. The summed E-state index contributed by atoms with van der Waals surface area (Å²) in [5.74, 6) is -1.22. The van der Waals surface area contributed by atoms with Crippen LogP contribution in [0.3, 0.4) is 0 Å². The van der Waals surface area contributed by atoms with Crippen molar-refractivity contribution in [1.29, 1.82) is 0 Å². The number of hydrogen-bond donors (Lipinski definition) is 2. The van der Waals surface area contributed by atoms with Crippen LogP contribution in [-0.2, 0) is 16.1 Å². The van der Waals surface area contributed by atoms with E-state index in [1.807, 2.05) is 0 Å². The smallest absolute Gasteiger partial charge is 0.335 e. The van der Waals surface area contributed by atoms with Crippen LogP contribution in [-0.4, -0.2) is 29.7 Å². The average Bonchev–Trinajstić information content (AvgIpc) is 2.53. The molecule has 5 nitrogen and oxygen atoms in total. The molecule has 0 heterocycles. The van der Waals surface area contributed by atoms with E-state index in [0.29, 0.717) is 6.54 Å². The Morgan fingerprint density at radius 3 is 2.59 bits per heavy atom. The minimum absolute atomic E-state index is 0.135. The van der Waals surface area contributed by atoms with E-state index in [9.17, 15) is 9.59 Å². The first-order valence-corrected chi connectivity index (χ1v) is 7.61. The molecule has 0 bridgehead atoms. The van der Waals surface area contributed by atoms with Gasteiger partial charge in [-0.1, -0.05) is 25.0 Å². The highest BCUT2D eigenvalue weighted by Gasteiger charge is 2.41. The van der Waals surface area contributed by atoms with Gasteiger partial charge >= 0.3 is 11.9 Å². The van der Waals surface area contributed by atoms with Crippen molar-refractivity contribution in [1.82, 2.24) is 5.32 Å². The molecule has 1 fully saturated rings. The van der Waals surface area contributed by atoms with Crippen molar-refractivity contribution in [2.75, 3.05) is 7.11 Å². The molecule has 0 radical (unpaired) electrons. The second-order valence-electron chi connectivity index (χ2n) is 6.09. The van der Waals surface area contributed by atoms with E-state index in [1.165, 1.54) is 7.11 Å². The van der Waals surface area contributed by atoms with Gasteiger partial charge in [0.2, 0.25) is 0 Å². The molecule has 2 N–H and O–H groups in total. The third-order valence-electron chi connectivity index (χ3n) is 4.59. The summed E-state index contributed by atoms with van der Waals surface area (Å²) < 4.78 is 4.94. The van der Waals surface area contributed by atoms with Crippen molar-refractivity contribution in [2.24, 2.45) is 5.92 Å². The molecule has 2 rings (SSSR count). The summed E-state index contributed by atoms with van der Waals surface area (Å²) in [6, 6.07) is 6.80. The predicted molar refractivity (Wildman–Crippen MR) is 82.6 cm³/mol. The lowest BCUT2D eigenvalue weighted by Crippen LogP contribution is -2.53. The zero-order chi connectivity index (χ0) is 16.2. The minimum Gasteiger partial charge on any atom is -0.478 e. The van der Waals surface area contributed by atoms with E-state index in [-0.39, 0.29) is 23.0 Å². The highest BCUT2D eigenvalue weighted by Crippen LogP contribution is 2.34. The van der Waals surface area contributed by atoms with E-state index >= 15 is 0 Å². The minimum atomic E-state index is -0.926. The SMILES string of the molecule is COC(=O)C1CCCCC1(C)NCc1ccc(C(=O)O)cc1. The Hall–Kier alpha value is -1.88. The van der Waals surface area contributed by atoms with Crippen LogP contribution in [0, 0.1) is 5.92 Å². The lowest BCUT2D eigenvalue weighted by Gasteiger charge is -2.40. The fraction of sp³-hybridized carbons (Fsp3) is 0.529. The van der Waals surface area contributed by atoms with Gasteiger partial charge in [-0.05, 0) is 37.5 Å². The van der Waals surface area contributed by atoms with Gasteiger partial charge in [-0.2, -0.15) is 0 Å². The molecule has 1 aromatic rings. The number of hydrogen-bond acceptors (Lipinski definition) is 4. The number of carboxylic acid groups (broad SMARTS) is 1. The normalized spacial score (nSPS) is 24.7. The third-order valence-corrected chi connectivity index (χ3v) is 4.59. The molecule has 22 heavy (non-hydrogen) atoms. The average molecular weight is 305 g/mol. The second-order valence-corrected chi connectivity index (χ2v) is 6.09. The van der Waals surface area contributed by atoms with Gasteiger partial charge in [-0.15, -0.1) is 0 Å². The molecule has 0 aliphatic heterocycles. The fourth-order valence-corrected chi connectivity index (χ4v) is 3.13. The molecule has 2 atom stereocenters. The van der Waals surface area contributed by atoms with Crippen LogP contribution in [0.4, 0.5) is 0 Å². The number of aromatic carboxylic acids is 1. The second kappa shape index (κ2) is 6.92. The van der Waals surface area contributed by atoms with Gasteiger partial charge in [0, 0.05) is 12.1 Å². The fourth-order valence-electron chi connectivity index (χ4n) is 3.13. The monoisotopic (exact) mass is 305 g/mol. The summed E-state index contributed by atoms with van der Waals surface area (Å²) in [5, 5.41) is 12.4. The number of carbonyl (C=O) groups is 2. The van der Waals surface area contributed by atoms with E-state index < -0.39 is 5.97 Å². The van der Waals surface area contributed by atoms with Gasteiger partial charge in [0.15, 0.2) is 0 Å². The van der Waals surface area contributed by atoms with Gasteiger partial charge in [-0.3, -0.25) is 4.79 Å². The Morgan fingerprint density at radius 1 is 1.32 bits per heavy atom. The maximum atomic E-state index is 12.0. The van der Waals surface area contributed by atoms with Gasteiger partial charge < -0.3 is 15.2 Å². The van der Waals surface area contributed by atoms with Crippen LogP contribution in [0.2, 0.25) is 0 Å². The van der Waals surface area contributed by atoms with Crippen molar-refractivity contribution in [2.45, 2.75) is 44.7 Å². The summed E-state index contributed by atoms with van der Waals surface area (Å²) in [6.45, 7) is 2.67. The highest BCUT2D eigenvalue weighted by atomic mass is 16.5. The van der Waals surface area contributed by atoms with Crippen molar-refractivity contribution in [3.63, 3.8) is 0 Å².